The van der Waals surface area contributed by atoms with Crippen molar-refractivity contribution in [3.63, 3.8) is 0 Å². The van der Waals surface area contributed by atoms with Gasteiger partial charge >= 0.3 is 0 Å². The van der Waals surface area contributed by atoms with Crippen LogP contribution in [0.4, 0.5) is 0 Å². The predicted octanol–water partition coefficient (Wildman–Crippen LogP) is 16.1. The van der Waals surface area contributed by atoms with Crippen molar-refractivity contribution in [2.45, 2.75) is 222 Å². The molecule has 0 aromatic heterocycles. The van der Waals surface area contributed by atoms with Crippen LogP contribution in [0.15, 0.2) is 35.4 Å². The highest BCUT2D eigenvalue weighted by molar-refractivity contribution is 5.83. The molecule has 0 fully saturated rings. The highest BCUT2D eigenvalue weighted by Crippen LogP contribution is 2.46. The van der Waals surface area contributed by atoms with Crippen molar-refractivity contribution in [2.75, 3.05) is 0 Å². The van der Waals surface area contributed by atoms with Crippen LogP contribution in [-0.4, -0.2) is 4.70 Å². The van der Waals surface area contributed by atoms with Gasteiger partial charge in [-0.1, -0.05) is 145 Å². The van der Waals surface area contributed by atoms with Crippen LogP contribution in [-0.2, 0) is 38.5 Å². The minimum atomic E-state index is 1.04. The molecule has 0 amide bonds. The average molecular weight is 709 g/mol. The van der Waals surface area contributed by atoms with E-state index in [0.29, 0.717) is 0 Å². The molecule has 2 aromatic carbocycles. The van der Waals surface area contributed by atoms with E-state index in [1.54, 1.807) is 15.8 Å². The van der Waals surface area contributed by atoms with Crippen LogP contribution in [0.2, 0.25) is 0 Å². The lowest BCUT2D eigenvalue weighted by Crippen LogP contribution is -2.08. The minimum Gasteiger partial charge on any atom is -0.493 e. The standard InChI is InChI=1S/C50H80N2/c1-9-17-21-23-25-29-33-47-48(34-30-26-24-22-18-10-2)50(44-37-41(15-7)46(32-28-20-12-4)42(16-8)38-44)52(51)49(47)43-35-39(13-5)45(31-27-19-11-3)40(14-6)36-43/h35-38H,9-34H2,1-8H3. The van der Waals surface area contributed by atoms with E-state index in [2.05, 4.69) is 79.7 Å². The normalized spacial score (nSPS) is 13.3. The van der Waals surface area contributed by atoms with Gasteiger partial charge in [-0.25, -0.2) is 4.70 Å². The Labute approximate surface area is 322 Å². The van der Waals surface area contributed by atoms with Crippen molar-refractivity contribution in [3.8, 4) is 0 Å². The Morgan fingerprint density at radius 1 is 0.365 bits per heavy atom. The summed E-state index contributed by atoms with van der Waals surface area (Å²) < 4.78 is 1.69. The summed E-state index contributed by atoms with van der Waals surface area (Å²) in [4.78, 5) is 0. The highest BCUT2D eigenvalue weighted by atomic mass is 15.2. The maximum atomic E-state index is 12.7. The first-order valence-electron chi connectivity index (χ1n) is 22.7. The van der Waals surface area contributed by atoms with Crippen LogP contribution >= 0.6 is 0 Å². The van der Waals surface area contributed by atoms with Gasteiger partial charge in [0.05, 0.1) is 0 Å². The molecule has 3 rings (SSSR count). The van der Waals surface area contributed by atoms with Crippen LogP contribution in [0.25, 0.3) is 16.9 Å². The van der Waals surface area contributed by atoms with Crippen molar-refractivity contribution in [1.82, 2.24) is 0 Å². The summed E-state index contributed by atoms with van der Waals surface area (Å²) in [6.07, 6.45) is 31.7. The van der Waals surface area contributed by atoms with Crippen molar-refractivity contribution in [2.24, 2.45) is 0 Å². The molecule has 52 heavy (non-hydrogen) atoms. The molecule has 1 heterocycles. The fraction of sp³-hybridized carbons (Fsp3) is 0.680. The van der Waals surface area contributed by atoms with Crippen molar-refractivity contribution in [3.05, 3.63) is 85.5 Å². The molecule has 2 aromatic rings. The quantitative estimate of drug-likeness (QED) is 0.0621. The third kappa shape index (κ3) is 12.3. The Bertz CT molecular complexity index is 1280. The molecule has 0 bridgehead atoms. The molecule has 0 N–H and O–H groups in total. The molecular formula is C50H80N2. The van der Waals surface area contributed by atoms with E-state index in [4.69, 9.17) is 0 Å². The summed E-state index contributed by atoms with van der Waals surface area (Å²) in [6, 6.07) is 9.88. The summed E-state index contributed by atoms with van der Waals surface area (Å²) in [5, 5.41) is 0. The first-order valence-corrected chi connectivity index (χ1v) is 22.7. The topological polar surface area (TPSA) is 25.3 Å². The van der Waals surface area contributed by atoms with Gasteiger partial charge in [0.1, 0.15) is 0 Å². The number of hydrogen-bond acceptors (Lipinski definition) is 0. The lowest BCUT2D eigenvalue weighted by atomic mass is 9.87. The molecule has 0 radical (unpaired) electrons. The van der Waals surface area contributed by atoms with Crippen molar-refractivity contribution in [1.29, 1.82) is 0 Å². The fourth-order valence-corrected chi connectivity index (χ4v) is 8.83. The Morgan fingerprint density at radius 3 is 0.942 bits per heavy atom. The molecule has 0 saturated heterocycles. The molecule has 1 aliphatic rings. The second-order valence-corrected chi connectivity index (χ2v) is 15.9. The number of unbranched alkanes of at least 4 members (excludes halogenated alkanes) is 14. The molecule has 0 saturated carbocycles. The summed E-state index contributed by atoms with van der Waals surface area (Å²) in [6.45, 7) is 18.5. The molecule has 2 heteroatoms. The Balaban J connectivity index is 2.22. The lowest BCUT2D eigenvalue weighted by Gasteiger charge is -2.18. The first-order chi connectivity index (χ1) is 25.4. The van der Waals surface area contributed by atoms with Gasteiger partial charge in [-0.15, -0.1) is 0 Å². The maximum Gasteiger partial charge on any atom is 0.211 e. The number of aryl methyl sites for hydroxylation is 4. The third-order valence-electron chi connectivity index (χ3n) is 11.9. The van der Waals surface area contributed by atoms with Gasteiger partial charge < -0.3 is 5.53 Å². The van der Waals surface area contributed by atoms with Crippen LogP contribution in [0.5, 0.6) is 0 Å². The van der Waals surface area contributed by atoms with Gasteiger partial charge in [-0.3, -0.25) is 0 Å². The summed E-state index contributed by atoms with van der Waals surface area (Å²) in [5.74, 6) is 0. The number of nitrogens with zero attached hydrogens (tertiary/aromatic N) is 2. The molecule has 2 nitrogen and oxygen atoms in total. The zero-order valence-electron chi connectivity index (χ0n) is 35.6. The summed E-state index contributed by atoms with van der Waals surface area (Å²) in [5.41, 5.74) is 29.2. The average Bonchev–Trinajstić information content (AvgIpc) is 3.44. The van der Waals surface area contributed by atoms with E-state index in [-0.39, 0.29) is 0 Å². The Hall–Kier alpha value is -2.48. The second-order valence-electron chi connectivity index (χ2n) is 15.9. The Morgan fingerprint density at radius 2 is 0.635 bits per heavy atom. The molecule has 1 aliphatic heterocycles. The van der Waals surface area contributed by atoms with Crippen molar-refractivity contribution >= 4 is 11.4 Å². The number of rotatable bonds is 28. The van der Waals surface area contributed by atoms with Crippen molar-refractivity contribution < 1.29 is 4.70 Å². The predicted molar refractivity (Wildman–Crippen MR) is 230 cm³/mol. The van der Waals surface area contributed by atoms with E-state index in [0.717, 1.165) is 49.9 Å². The number of hydrogen-bond donors (Lipinski definition) is 0. The summed E-state index contributed by atoms with van der Waals surface area (Å²) in [7, 11) is 0. The smallest absolute Gasteiger partial charge is 0.211 e. The third-order valence-corrected chi connectivity index (χ3v) is 11.9. The monoisotopic (exact) mass is 709 g/mol. The maximum absolute atomic E-state index is 12.7. The van der Waals surface area contributed by atoms with Gasteiger partial charge in [-0.2, -0.15) is 0 Å². The first kappa shape index (κ1) is 43.9. The van der Waals surface area contributed by atoms with E-state index < -0.39 is 0 Å². The zero-order chi connectivity index (χ0) is 37.7. The van der Waals surface area contributed by atoms with Gasteiger partial charge in [-0.05, 0) is 135 Å². The van der Waals surface area contributed by atoms with E-state index in [1.807, 2.05) is 0 Å². The van der Waals surface area contributed by atoms with E-state index in [1.165, 1.54) is 173 Å². The second kappa shape index (κ2) is 24.8. The van der Waals surface area contributed by atoms with Crippen LogP contribution in [0, 0.1) is 0 Å². The summed E-state index contributed by atoms with van der Waals surface area (Å²) >= 11 is 0. The van der Waals surface area contributed by atoms with E-state index in [9.17, 15) is 5.53 Å². The van der Waals surface area contributed by atoms with Gasteiger partial charge in [0, 0.05) is 22.3 Å². The van der Waals surface area contributed by atoms with E-state index >= 15 is 0 Å². The van der Waals surface area contributed by atoms with Gasteiger partial charge in [0.2, 0.25) is 11.4 Å². The largest absolute Gasteiger partial charge is 0.493 e. The number of allylic oxidation sites excluding steroid dienone is 2. The molecule has 290 valence electrons. The highest BCUT2D eigenvalue weighted by Gasteiger charge is 2.36. The fourth-order valence-electron chi connectivity index (χ4n) is 8.83. The Kier molecular flexibility index (Phi) is 20.9. The molecule has 0 atom stereocenters. The number of benzene rings is 2. The molecule has 0 aliphatic carbocycles. The minimum absolute atomic E-state index is 1.04. The molecule has 0 spiro atoms. The lowest BCUT2D eigenvalue weighted by molar-refractivity contribution is -0.345. The molecular weight excluding hydrogens is 629 g/mol. The van der Waals surface area contributed by atoms with Gasteiger partial charge in [0.25, 0.3) is 0 Å². The van der Waals surface area contributed by atoms with Crippen LogP contribution < -0.4 is 0 Å². The molecule has 0 unspecified atom stereocenters. The SMILES string of the molecule is CCCCCCCCC1=C(c2cc(CC)c(CCCCC)c(CC)c2)[N+](=[N-])C(c2cc(CC)c(CCCCC)c(CC)c2)=C1CCCCCCCC. The zero-order valence-corrected chi connectivity index (χ0v) is 35.6. The van der Waals surface area contributed by atoms with Crippen LogP contribution in [0.3, 0.4) is 0 Å². The van der Waals surface area contributed by atoms with Gasteiger partial charge in [0.15, 0.2) is 0 Å². The van der Waals surface area contributed by atoms with Crippen LogP contribution in [0.1, 0.15) is 228 Å².